The molecule has 0 aliphatic carbocycles. The van der Waals surface area contributed by atoms with Crippen LogP contribution in [0.1, 0.15) is 18.9 Å². The van der Waals surface area contributed by atoms with Gasteiger partial charge in [-0.2, -0.15) is 11.3 Å². The number of amides is 1. The molecule has 100 valence electrons. The Labute approximate surface area is 116 Å². The molecule has 1 amide bonds. The minimum Gasteiger partial charge on any atom is -0.313 e. The van der Waals surface area contributed by atoms with E-state index in [0.29, 0.717) is 13.0 Å². The Bertz CT molecular complexity index is 522. The molecule has 0 saturated heterocycles. The minimum absolute atomic E-state index is 0.0697. The topological polar surface area (TPSA) is 20.3 Å². The molecule has 0 N–H and O–H groups in total. The van der Waals surface area contributed by atoms with Crippen molar-refractivity contribution in [1.29, 1.82) is 0 Å². The number of carbonyl (C=O) groups excluding carboxylic acids is 1. The first kappa shape index (κ1) is 13.7. The Morgan fingerprint density at radius 1 is 1.26 bits per heavy atom. The lowest BCUT2D eigenvalue weighted by molar-refractivity contribution is -0.118. The molecule has 0 unspecified atom stereocenters. The molecule has 0 aliphatic heterocycles. The van der Waals surface area contributed by atoms with E-state index in [0.717, 1.165) is 12.1 Å². The Morgan fingerprint density at radius 3 is 2.58 bits per heavy atom. The molecular weight excluding hydrogens is 261 g/mol. The largest absolute Gasteiger partial charge is 0.313 e. The van der Waals surface area contributed by atoms with Crippen molar-refractivity contribution < 1.29 is 9.18 Å². The van der Waals surface area contributed by atoms with Crippen LogP contribution in [0.25, 0.3) is 0 Å². The van der Waals surface area contributed by atoms with Gasteiger partial charge in [-0.1, -0.05) is 0 Å². The van der Waals surface area contributed by atoms with Crippen molar-refractivity contribution in [3.05, 3.63) is 52.5 Å². The van der Waals surface area contributed by atoms with Crippen LogP contribution >= 0.6 is 11.3 Å². The van der Waals surface area contributed by atoms with E-state index in [1.165, 1.54) is 17.7 Å². The van der Waals surface area contributed by atoms with Gasteiger partial charge in [-0.05, 0) is 60.0 Å². The van der Waals surface area contributed by atoms with Crippen molar-refractivity contribution in [2.45, 2.75) is 19.8 Å². The van der Waals surface area contributed by atoms with E-state index in [4.69, 9.17) is 0 Å². The number of anilines is 1. The summed E-state index contributed by atoms with van der Waals surface area (Å²) >= 11 is 1.64. The van der Waals surface area contributed by atoms with E-state index in [1.807, 2.05) is 18.4 Å². The molecule has 0 spiro atoms. The van der Waals surface area contributed by atoms with Crippen LogP contribution in [0.15, 0.2) is 41.1 Å². The molecule has 0 aliphatic rings. The lowest BCUT2D eigenvalue weighted by atomic mass is 10.1. The summed E-state index contributed by atoms with van der Waals surface area (Å²) in [4.78, 5) is 13.9. The predicted molar refractivity (Wildman–Crippen MR) is 77.1 cm³/mol. The summed E-state index contributed by atoms with van der Waals surface area (Å²) in [5, 5.41) is 4.07. The van der Waals surface area contributed by atoms with Crippen LogP contribution in [0.2, 0.25) is 0 Å². The standard InChI is InChI=1S/C15H16FNOS/c1-2-17(14-6-4-13(16)5-7-14)15(18)8-3-12-9-10-19-11-12/h4-7,9-11H,2-3,8H2,1H3. The number of thiophene rings is 1. The number of hydrogen-bond acceptors (Lipinski definition) is 2. The Hall–Kier alpha value is -1.68. The molecular formula is C15H16FNOS. The van der Waals surface area contributed by atoms with Crippen molar-refractivity contribution in [3.63, 3.8) is 0 Å². The molecule has 2 aromatic rings. The normalized spacial score (nSPS) is 10.4. The first-order valence-electron chi connectivity index (χ1n) is 6.27. The summed E-state index contributed by atoms with van der Waals surface area (Å²) in [6, 6.07) is 8.07. The fourth-order valence-corrected chi connectivity index (χ4v) is 2.65. The molecule has 1 heterocycles. The molecule has 19 heavy (non-hydrogen) atoms. The van der Waals surface area contributed by atoms with Crippen LogP contribution < -0.4 is 4.90 Å². The zero-order chi connectivity index (χ0) is 13.7. The second-order valence-electron chi connectivity index (χ2n) is 4.25. The number of carbonyl (C=O) groups is 1. The second kappa shape index (κ2) is 6.48. The van der Waals surface area contributed by atoms with Gasteiger partial charge in [0.2, 0.25) is 5.91 Å². The van der Waals surface area contributed by atoms with Gasteiger partial charge in [0.1, 0.15) is 5.82 Å². The van der Waals surface area contributed by atoms with Crippen LogP contribution in [-0.2, 0) is 11.2 Å². The van der Waals surface area contributed by atoms with Crippen molar-refractivity contribution in [2.75, 3.05) is 11.4 Å². The highest BCUT2D eigenvalue weighted by Crippen LogP contribution is 2.17. The Balaban J connectivity index is 2.00. The van der Waals surface area contributed by atoms with E-state index >= 15 is 0 Å². The SMILES string of the molecule is CCN(C(=O)CCc1ccsc1)c1ccc(F)cc1. The summed E-state index contributed by atoms with van der Waals surface area (Å²) in [7, 11) is 0. The van der Waals surface area contributed by atoms with Gasteiger partial charge in [0, 0.05) is 18.7 Å². The maximum absolute atomic E-state index is 12.9. The maximum Gasteiger partial charge on any atom is 0.227 e. The molecule has 0 saturated carbocycles. The second-order valence-corrected chi connectivity index (χ2v) is 5.03. The predicted octanol–water partition coefficient (Wildman–Crippen LogP) is 3.87. The monoisotopic (exact) mass is 277 g/mol. The van der Waals surface area contributed by atoms with Crippen LogP contribution in [-0.4, -0.2) is 12.5 Å². The molecule has 4 heteroatoms. The Kier molecular flexibility index (Phi) is 4.68. The van der Waals surface area contributed by atoms with E-state index in [1.54, 1.807) is 28.4 Å². The Morgan fingerprint density at radius 2 is 2.00 bits per heavy atom. The maximum atomic E-state index is 12.9. The highest BCUT2D eigenvalue weighted by Gasteiger charge is 2.13. The van der Waals surface area contributed by atoms with Crippen LogP contribution in [0, 0.1) is 5.82 Å². The van der Waals surface area contributed by atoms with Crippen molar-refractivity contribution in [1.82, 2.24) is 0 Å². The fraction of sp³-hybridized carbons (Fsp3) is 0.267. The molecule has 1 aromatic heterocycles. The van der Waals surface area contributed by atoms with Gasteiger partial charge in [-0.25, -0.2) is 4.39 Å². The van der Waals surface area contributed by atoms with Gasteiger partial charge in [-0.3, -0.25) is 4.79 Å². The number of aryl methyl sites for hydroxylation is 1. The zero-order valence-electron chi connectivity index (χ0n) is 10.8. The highest BCUT2D eigenvalue weighted by molar-refractivity contribution is 7.07. The third-order valence-electron chi connectivity index (χ3n) is 2.96. The van der Waals surface area contributed by atoms with E-state index in [-0.39, 0.29) is 11.7 Å². The number of nitrogens with zero attached hydrogens (tertiary/aromatic N) is 1. The van der Waals surface area contributed by atoms with Gasteiger partial charge in [-0.15, -0.1) is 0 Å². The summed E-state index contributed by atoms with van der Waals surface area (Å²) in [6.45, 7) is 2.51. The van der Waals surface area contributed by atoms with E-state index in [2.05, 4.69) is 5.38 Å². The van der Waals surface area contributed by atoms with Gasteiger partial charge < -0.3 is 4.90 Å². The summed E-state index contributed by atoms with van der Waals surface area (Å²) in [6.07, 6.45) is 1.22. The number of benzene rings is 1. The minimum atomic E-state index is -0.287. The number of hydrogen-bond donors (Lipinski definition) is 0. The quantitative estimate of drug-likeness (QED) is 0.812. The lowest BCUT2D eigenvalue weighted by Gasteiger charge is -2.21. The molecule has 0 atom stereocenters. The first-order valence-corrected chi connectivity index (χ1v) is 7.22. The third-order valence-corrected chi connectivity index (χ3v) is 3.70. The average Bonchev–Trinajstić information content (AvgIpc) is 2.92. The lowest BCUT2D eigenvalue weighted by Crippen LogP contribution is -2.30. The van der Waals surface area contributed by atoms with Crippen molar-refractivity contribution in [2.24, 2.45) is 0 Å². The van der Waals surface area contributed by atoms with Gasteiger partial charge in [0.25, 0.3) is 0 Å². The van der Waals surface area contributed by atoms with Crippen molar-refractivity contribution in [3.8, 4) is 0 Å². The van der Waals surface area contributed by atoms with Crippen molar-refractivity contribution >= 4 is 22.9 Å². The highest BCUT2D eigenvalue weighted by atomic mass is 32.1. The molecule has 0 bridgehead atoms. The molecule has 2 nitrogen and oxygen atoms in total. The number of rotatable bonds is 5. The average molecular weight is 277 g/mol. The van der Waals surface area contributed by atoms with Crippen LogP contribution in [0.3, 0.4) is 0 Å². The van der Waals surface area contributed by atoms with E-state index < -0.39 is 0 Å². The van der Waals surface area contributed by atoms with E-state index in [9.17, 15) is 9.18 Å². The molecule has 2 rings (SSSR count). The summed E-state index contributed by atoms with van der Waals surface area (Å²) < 4.78 is 12.9. The number of halogens is 1. The zero-order valence-corrected chi connectivity index (χ0v) is 11.6. The summed E-state index contributed by atoms with van der Waals surface area (Å²) in [5.41, 5.74) is 1.94. The smallest absolute Gasteiger partial charge is 0.227 e. The molecule has 1 aromatic carbocycles. The first-order chi connectivity index (χ1) is 9.20. The van der Waals surface area contributed by atoms with Gasteiger partial charge in [0.15, 0.2) is 0 Å². The van der Waals surface area contributed by atoms with Gasteiger partial charge in [0.05, 0.1) is 0 Å². The van der Waals surface area contributed by atoms with Gasteiger partial charge >= 0.3 is 0 Å². The molecule has 0 radical (unpaired) electrons. The third kappa shape index (κ3) is 3.64. The summed E-state index contributed by atoms with van der Waals surface area (Å²) in [5.74, 6) is -0.217. The fourth-order valence-electron chi connectivity index (χ4n) is 1.95. The molecule has 0 fully saturated rings. The van der Waals surface area contributed by atoms with Crippen LogP contribution in [0.5, 0.6) is 0 Å². The van der Waals surface area contributed by atoms with Crippen LogP contribution in [0.4, 0.5) is 10.1 Å².